The van der Waals surface area contributed by atoms with E-state index < -0.39 is 83.9 Å². The SMILES string of the molecule is C=CC[C@@H]1/C=C(\C)C[C@H](C)C[C@H](OC)[C@H]2O[C@@](O)(C(=O)C(=O)N3CCCC[C@H]3C(=O)O[C@H](/C(C)=C/[C@@H]3CC[C@@H](O)[C@H](OC)C3)[C@@H](C)[C@@H](O)CC1=O)[C@H](C)C[C@@H]2OC. The quantitative estimate of drug-likeness (QED) is 0.185. The summed E-state index contributed by atoms with van der Waals surface area (Å²) in [4.78, 5) is 57.8. The summed E-state index contributed by atoms with van der Waals surface area (Å²) in [5.74, 6) is -7.76. The van der Waals surface area contributed by atoms with Crippen LogP contribution < -0.4 is 0 Å². The highest BCUT2D eigenvalue weighted by atomic mass is 16.7. The number of allylic oxidation sites excluding steroid dienone is 4. The first-order chi connectivity index (χ1) is 27.0. The molecule has 0 aromatic carbocycles. The van der Waals surface area contributed by atoms with Gasteiger partial charge in [-0.3, -0.25) is 14.4 Å². The van der Waals surface area contributed by atoms with Crippen molar-refractivity contribution in [1.29, 1.82) is 0 Å². The minimum Gasteiger partial charge on any atom is -0.456 e. The Labute approximate surface area is 339 Å². The van der Waals surface area contributed by atoms with Gasteiger partial charge in [0.15, 0.2) is 0 Å². The van der Waals surface area contributed by atoms with Gasteiger partial charge in [0.25, 0.3) is 11.7 Å². The number of esters is 1. The van der Waals surface area contributed by atoms with Gasteiger partial charge in [0, 0.05) is 52.0 Å². The summed E-state index contributed by atoms with van der Waals surface area (Å²) in [6.07, 6.45) is 4.93. The van der Waals surface area contributed by atoms with Crippen molar-refractivity contribution in [2.75, 3.05) is 27.9 Å². The third kappa shape index (κ3) is 11.3. The highest BCUT2D eigenvalue weighted by Gasteiger charge is 2.56. The van der Waals surface area contributed by atoms with Crippen LogP contribution in [0.1, 0.15) is 105 Å². The number of carbonyl (C=O) groups excluding carboxylic acids is 4. The van der Waals surface area contributed by atoms with Crippen LogP contribution in [0.25, 0.3) is 0 Å². The smallest absolute Gasteiger partial charge is 0.329 e. The summed E-state index contributed by atoms with van der Waals surface area (Å²) in [5, 5.41) is 34.1. The Hall–Kier alpha value is -2.78. The third-order valence-corrected chi connectivity index (χ3v) is 12.9. The Morgan fingerprint density at radius 2 is 1.60 bits per heavy atom. The average Bonchev–Trinajstić information content (AvgIpc) is 3.18. The molecule has 1 aliphatic carbocycles. The van der Waals surface area contributed by atoms with Crippen molar-refractivity contribution in [2.45, 2.75) is 160 Å². The number of cyclic esters (lactones) is 1. The number of methoxy groups -OCH3 is 3. The van der Waals surface area contributed by atoms with Crippen LogP contribution in [0.2, 0.25) is 0 Å². The van der Waals surface area contributed by atoms with E-state index in [0.717, 1.165) is 5.57 Å². The molecule has 3 aliphatic heterocycles. The Morgan fingerprint density at radius 3 is 2.25 bits per heavy atom. The van der Waals surface area contributed by atoms with E-state index >= 15 is 0 Å². The average molecular weight is 804 g/mol. The zero-order chi connectivity index (χ0) is 42.2. The molecule has 0 radical (unpaired) electrons. The molecule has 0 aromatic heterocycles. The fraction of sp³-hybridized carbons (Fsp3) is 0.773. The van der Waals surface area contributed by atoms with E-state index in [1.54, 1.807) is 27.0 Å². The molecule has 13 heteroatoms. The Bertz CT molecular complexity index is 1480. The van der Waals surface area contributed by atoms with Crippen LogP contribution in [0.15, 0.2) is 36.0 Å². The highest BCUT2D eigenvalue weighted by molar-refractivity contribution is 6.39. The van der Waals surface area contributed by atoms with Gasteiger partial charge in [-0.1, -0.05) is 44.6 Å². The van der Waals surface area contributed by atoms with E-state index in [2.05, 4.69) is 6.58 Å². The number of piperidine rings is 1. The maximum atomic E-state index is 14.3. The molecule has 3 N–H and O–H groups in total. The normalized spacial score (nSPS) is 41.0. The van der Waals surface area contributed by atoms with Crippen molar-refractivity contribution in [2.24, 2.45) is 29.6 Å². The molecule has 4 aliphatic rings. The van der Waals surface area contributed by atoms with Gasteiger partial charge in [-0.15, -0.1) is 6.58 Å². The fourth-order valence-corrected chi connectivity index (χ4v) is 9.42. The molecule has 0 spiro atoms. The molecule has 4 rings (SSSR count). The van der Waals surface area contributed by atoms with Crippen molar-refractivity contribution in [3.63, 3.8) is 0 Å². The van der Waals surface area contributed by atoms with E-state index in [4.69, 9.17) is 23.7 Å². The molecule has 322 valence electrons. The van der Waals surface area contributed by atoms with Crippen molar-refractivity contribution in [1.82, 2.24) is 4.90 Å². The van der Waals surface area contributed by atoms with Crippen molar-refractivity contribution in [3.8, 4) is 0 Å². The van der Waals surface area contributed by atoms with Crippen molar-refractivity contribution >= 4 is 23.4 Å². The molecule has 0 unspecified atom stereocenters. The molecule has 0 aromatic rings. The van der Waals surface area contributed by atoms with Gasteiger partial charge in [-0.25, -0.2) is 4.79 Å². The predicted molar refractivity (Wildman–Crippen MR) is 213 cm³/mol. The van der Waals surface area contributed by atoms with Crippen molar-refractivity contribution in [3.05, 3.63) is 36.0 Å². The van der Waals surface area contributed by atoms with Gasteiger partial charge in [0.05, 0.1) is 30.5 Å². The number of ketones is 2. The number of aliphatic hydroxyl groups is 3. The number of aliphatic hydroxyl groups excluding tert-OH is 2. The van der Waals surface area contributed by atoms with E-state index in [1.165, 1.54) is 19.1 Å². The number of ether oxygens (including phenoxy) is 5. The number of Topliss-reactive ketones (excluding diaryl/α,β-unsaturated/α-hetero) is 2. The van der Waals surface area contributed by atoms with E-state index in [1.807, 2.05) is 32.9 Å². The molecule has 2 saturated heterocycles. The van der Waals surface area contributed by atoms with Crippen LogP contribution in [0, 0.1) is 29.6 Å². The van der Waals surface area contributed by atoms with Gasteiger partial charge in [-0.05, 0) is 95.5 Å². The number of hydrogen-bond acceptors (Lipinski definition) is 12. The lowest BCUT2D eigenvalue weighted by molar-refractivity contribution is -0.302. The lowest BCUT2D eigenvalue weighted by Crippen LogP contribution is -2.64. The maximum absolute atomic E-state index is 14.3. The molecule has 3 heterocycles. The molecular weight excluding hydrogens is 734 g/mol. The van der Waals surface area contributed by atoms with Crippen LogP contribution in [-0.4, -0.2) is 126 Å². The van der Waals surface area contributed by atoms with Crippen LogP contribution in [0.4, 0.5) is 0 Å². The molecule has 13 nitrogen and oxygen atoms in total. The fourth-order valence-electron chi connectivity index (χ4n) is 9.42. The second-order valence-electron chi connectivity index (χ2n) is 17.3. The first-order valence-corrected chi connectivity index (χ1v) is 20.9. The molecule has 1 amide bonds. The van der Waals surface area contributed by atoms with E-state index in [-0.39, 0.29) is 49.5 Å². The number of carbonyl (C=O) groups is 4. The summed E-state index contributed by atoms with van der Waals surface area (Å²) in [6.45, 7) is 13.1. The summed E-state index contributed by atoms with van der Waals surface area (Å²) in [7, 11) is 4.61. The number of amides is 1. The topological polar surface area (TPSA) is 178 Å². The predicted octanol–water partition coefficient (Wildman–Crippen LogP) is 4.64. The summed E-state index contributed by atoms with van der Waals surface area (Å²) < 4.78 is 29.7. The molecule has 3 fully saturated rings. The lowest BCUT2D eigenvalue weighted by atomic mass is 9.81. The number of fused-ring (bicyclic) bond motifs is 3. The zero-order valence-corrected chi connectivity index (χ0v) is 35.4. The van der Waals surface area contributed by atoms with E-state index in [0.29, 0.717) is 56.9 Å². The molecule has 57 heavy (non-hydrogen) atoms. The summed E-state index contributed by atoms with van der Waals surface area (Å²) >= 11 is 0. The monoisotopic (exact) mass is 803 g/mol. The third-order valence-electron chi connectivity index (χ3n) is 12.9. The highest BCUT2D eigenvalue weighted by Crippen LogP contribution is 2.39. The van der Waals surface area contributed by atoms with E-state index in [9.17, 15) is 34.5 Å². The summed E-state index contributed by atoms with van der Waals surface area (Å²) in [6, 6.07) is -1.14. The molecular formula is C44H69NO12. The second kappa shape index (κ2) is 21.0. The molecule has 1 saturated carbocycles. The first kappa shape index (κ1) is 46.9. The Morgan fingerprint density at radius 1 is 0.930 bits per heavy atom. The number of hydrogen-bond donors (Lipinski definition) is 3. The van der Waals surface area contributed by atoms with Gasteiger partial charge in [0.1, 0.15) is 24.0 Å². The lowest BCUT2D eigenvalue weighted by Gasteiger charge is -2.47. The van der Waals surface area contributed by atoms with Gasteiger partial charge < -0.3 is 43.9 Å². The van der Waals surface area contributed by atoms with Crippen LogP contribution in [-0.2, 0) is 42.9 Å². The summed E-state index contributed by atoms with van der Waals surface area (Å²) in [5.41, 5.74) is 1.61. The van der Waals surface area contributed by atoms with Gasteiger partial charge in [0.2, 0.25) is 5.79 Å². The zero-order valence-electron chi connectivity index (χ0n) is 35.4. The number of nitrogens with zero attached hydrogens (tertiary/aromatic N) is 1. The number of rotatable bonds is 7. The van der Waals surface area contributed by atoms with Gasteiger partial charge in [-0.2, -0.15) is 0 Å². The Balaban J connectivity index is 1.78. The Kier molecular flexibility index (Phi) is 17.2. The second-order valence-corrected chi connectivity index (χ2v) is 17.3. The minimum atomic E-state index is -2.51. The molecule has 2 bridgehead atoms. The standard InChI is InChI=1S/C44H69NO12/c1-10-13-31-19-25(2)18-26(3)20-37(54-8)40-38(55-9)22-28(5)44(52,57-40)41(49)42(50)45-17-12-11-14-32(45)43(51)56-39(29(6)34(47)24-35(31)48)27(4)21-30-15-16-33(46)36(23-30)53-7/h10,19,21,26,28-34,36-40,46-47,52H,1,11-18,20,22-24H2,2-9H3/b25-19+,27-21+/t26-,28+,29-,30-,31+,32-,33+,34-,36+,37-,38-,39+,40+,44+/m0/s1. The van der Waals surface area contributed by atoms with Crippen LogP contribution >= 0.6 is 0 Å². The first-order valence-electron chi connectivity index (χ1n) is 20.9. The van der Waals surface area contributed by atoms with Gasteiger partial charge >= 0.3 is 5.97 Å². The maximum Gasteiger partial charge on any atom is 0.329 e. The van der Waals surface area contributed by atoms with Crippen molar-refractivity contribution < 1.29 is 58.2 Å². The largest absolute Gasteiger partial charge is 0.456 e. The minimum absolute atomic E-state index is 0.00988. The van der Waals surface area contributed by atoms with Crippen LogP contribution in [0.5, 0.6) is 0 Å². The molecule has 14 atom stereocenters. The van der Waals surface area contributed by atoms with Crippen LogP contribution in [0.3, 0.4) is 0 Å².